The topological polar surface area (TPSA) is 64.4 Å². The Hall–Kier alpha value is -2.63. The van der Waals surface area contributed by atoms with E-state index in [2.05, 4.69) is 22.6 Å². The number of nitrogens with zero attached hydrogens (tertiary/aromatic N) is 3. The second kappa shape index (κ2) is 7.78. The molecule has 1 aliphatic heterocycles. The third kappa shape index (κ3) is 4.26. The average Bonchev–Trinajstić information content (AvgIpc) is 3.22. The lowest BCUT2D eigenvalue weighted by atomic mass is 10.0. The van der Waals surface area contributed by atoms with Crippen LogP contribution in [0.25, 0.3) is 10.9 Å². The first-order valence-corrected chi connectivity index (χ1v) is 9.81. The number of rotatable bonds is 6. The smallest absolute Gasteiger partial charge is 0.328 e. The van der Waals surface area contributed by atoms with Gasteiger partial charge in [-0.1, -0.05) is 6.08 Å². The van der Waals surface area contributed by atoms with E-state index in [1.165, 1.54) is 19.8 Å². The summed E-state index contributed by atoms with van der Waals surface area (Å²) in [6.07, 6.45) is 4.81. The monoisotopic (exact) mass is 383 g/mol. The van der Waals surface area contributed by atoms with Gasteiger partial charge in [0.1, 0.15) is 17.8 Å². The number of hydrogen-bond acceptors (Lipinski definition) is 5. The molecule has 0 saturated carbocycles. The largest absolute Gasteiger partial charge is 0.459 e. The molecule has 1 fully saturated rings. The number of fused-ring (bicyclic) bond motifs is 1. The van der Waals surface area contributed by atoms with Crippen molar-refractivity contribution in [2.75, 3.05) is 18.0 Å². The van der Waals surface area contributed by atoms with Gasteiger partial charge in [-0.2, -0.15) is 5.10 Å². The maximum absolute atomic E-state index is 12.4. The predicted molar refractivity (Wildman–Crippen MR) is 111 cm³/mol. The Morgan fingerprint density at radius 1 is 1.25 bits per heavy atom. The Morgan fingerprint density at radius 3 is 2.50 bits per heavy atom. The second-order valence-corrected chi connectivity index (χ2v) is 8.33. The first-order chi connectivity index (χ1) is 13.2. The van der Waals surface area contributed by atoms with Crippen LogP contribution in [0.15, 0.2) is 24.8 Å². The highest BCUT2D eigenvalue weighted by Gasteiger charge is 2.23. The highest BCUT2D eigenvalue weighted by molar-refractivity contribution is 6.07. The normalized spacial score (nSPS) is 14.5. The number of aromatic nitrogens is 2. The van der Waals surface area contributed by atoms with Crippen LogP contribution in [0.1, 0.15) is 56.6 Å². The van der Waals surface area contributed by atoms with Crippen molar-refractivity contribution in [3.05, 3.63) is 36.0 Å². The van der Waals surface area contributed by atoms with Gasteiger partial charge in [0.2, 0.25) is 0 Å². The summed E-state index contributed by atoms with van der Waals surface area (Å²) in [4.78, 5) is 27.0. The summed E-state index contributed by atoms with van der Waals surface area (Å²) < 4.78 is 7.06. The standard InChI is InChI=1S/C22H29N3O3/c1-6-9-16-12-17(24-10-7-8-11-24)13-18-20(16)21(15(2)26)23-25(18)14-19(27)28-22(3,4)5/h6,12-13H,1,7-11,14H2,2-5H3. The summed E-state index contributed by atoms with van der Waals surface area (Å²) >= 11 is 0. The SMILES string of the molecule is C=CCc1cc(N2CCCC2)cc2c1c(C(C)=O)nn2CC(=O)OC(C)(C)C. The highest BCUT2D eigenvalue weighted by atomic mass is 16.6. The molecule has 3 rings (SSSR count). The van der Waals surface area contributed by atoms with Gasteiger partial charge in [0.05, 0.1) is 5.52 Å². The molecule has 0 N–H and O–H groups in total. The Balaban J connectivity index is 2.13. The van der Waals surface area contributed by atoms with E-state index in [0.29, 0.717) is 12.1 Å². The molecule has 28 heavy (non-hydrogen) atoms. The third-order valence-electron chi connectivity index (χ3n) is 4.79. The van der Waals surface area contributed by atoms with Gasteiger partial charge in [0.25, 0.3) is 0 Å². The molecule has 2 heterocycles. The fraction of sp³-hybridized carbons (Fsp3) is 0.500. The average molecular weight is 383 g/mol. The van der Waals surface area contributed by atoms with Crippen molar-refractivity contribution >= 4 is 28.3 Å². The van der Waals surface area contributed by atoms with Crippen LogP contribution >= 0.6 is 0 Å². The van der Waals surface area contributed by atoms with Crippen LogP contribution < -0.4 is 4.90 Å². The maximum atomic E-state index is 12.4. The molecule has 0 bridgehead atoms. The summed E-state index contributed by atoms with van der Waals surface area (Å²) in [5.74, 6) is -0.490. The zero-order valence-electron chi connectivity index (χ0n) is 17.2. The van der Waals surface area contributed by atoms with E-state index in [1.54, 1.807) is 4.68 Å². The van der Waals surface area contributed by atoms with Crippen LogP contribution in [0.3, 0.4) is 0 Å². The summed E-state index contributed by atoms with van der Waals surface area (Å²) in [6.45, 7) is 12.9. The lowest BCUT2D eigenvalue weighted by Crippen LogP contribution is -2.27. The van der Waals surface area contributed by atoms with E-state index in [1.807, 2.05) is 32.9 Å². The van der Waals surface area contributed by atoms with Crippen molar-refractivity contribution in [2.24, 2.45) is 0 Å². The number of ether oxygens (including phenoxy) is 1. The van der Waals surface area contributed by atoms with Gasteiger partial charge in [-0.25, -0.2) is 0 Å². The minimum atomic E-state index is -0.571. The minimum absolute atomic E-state index is 0.0297. The summed E-state index contributed by atoms with van der Waals surface area (Å²) in [6, 6.07) is 4.16. The Kier molecular flexibility index (Phi) is 5.59. The fourth-order valence-corrected chi connectivity index (χ4v) is 3.71. The van der Waals surface area contributed by atoms with E-state index < -0.39 is 5.60 Å². The number of ketones is 1. The van der Waals surface area contributed by atoms with E-state index in [0.717, 1.165) is 35.2 Å². The first-order valence-electron chi connectivity index (χ1n) is 9.81. The van der Waals surface area contributed by atoms with Gasteiger partial charge in [-0.3, -0.25) is 14.3 Å². The molecule has 1 aliphatic rings. The molecule has 0 radical (unpaired) electrons. The fourth-order valence-electron chi connectivity index (χ4n) is 3.71. The van der Waals surface area contributed by atoms with Crippen LogP contribution in [-0.4, -0.2) is 40.2 Å². The van der Waals surface area contributed by atoms with Crippen molar-refractivity contribution in [3.8, 4) is 0 Å². The molecule has 6 nitrogen and oxygen atoms in total. The van der Waals surface area contributed by atoms with Crippen molar-refractivity contribution < 1.29 is 14.3 Å². The van der Waals surface area contributed by atoms with Crippen molar-refractivity contribution in [1.82, 2.24) is 9.78 Å². The molecular weight excluding hydrogens is 354 g/mol. The molecule has 0 spiro atoms. The molecule has 0 unspecified atom stereocenters. The summed E-state index contributed by atoms with van der Waals surface area (Å²) in [7, 11) is 0. The van der Waals surface area contributed by atoms with Crippen LogP contribution in [0.5, 0.6) is 0 Å². The van der Waals surface area contributed by atoms with Crippen LogP contribution in [-0.2, 0) is 22.5 Å². The number of anilines is 1. The second-order valence-electron chi connectivity index (χ2n) is 8.33. The molecule has 0 atom stereocenters. The minimum Gasteiger partial charge on any atom is -0.459 e. The van der Waals surface area contributed by atoms with Crippen LogP contribution in [0.2, 0.25) is 0 Å². The molecule has 0 amide bonds. The number of benzene rings is 1. The van der Waals surface area contributed by atoms with Crippen molar-refractivity contribution in [1.29, 1.82) is 0 Å². The number of Topliss-reactive ketones (excluding diaryl/α,β-unsaturated/α-hetero) is 1. The molecule has 0 aliphatic carbocycles. The van der Waals surface area contributed by atoms with E-state index >= 15 is 0 Å². The van der Waals surface area contributed by atoms with E-state index in [4.69, 9.17) is 4.74 Å². The number of allylic oxidation sites excluding steroid dienone is 1. The van der Waals surface area contributed by atoms with Crippen molar-refractivity contribution in [3.63, 3.8) is 0 Å². The van der Waals surface area contributed by atoms with Gasteiger partial charge >= 0.3 is 5.97 Å². The summed E-state index contributed by atoms with van der Waals surface area (Å²) in [5.41, 5.74) is 2.72. The molecule has 1 aromatic heterocycles. The molecular formula is C22H29N3O3. The molecule has 2 aromatic rings. The van der Waals surface area contributed by atoms with Gasteiger partial charge < -0.3 is 9.64 Å². The quantitative estimate of drug-likeness (QED) is 0.430. The Morgan fingerprint density at radius 2 is 1.93 bits per heavy atom. The van der Waals surface area contributed by atoms with Gasteiger partial charge in [-0.15, -0.1) is 6.58 Å². The first kappa shape index (κ1) is 20.1. The Bertz CT molecular complexity index is 915. The van der Waals surface area contributed by atoms with E-state index in [9.17, 15) is 9.59 Å². The lowest BCUT2D eigenvalue weighted by molar-refractivity contribution is -0.155. The maximum Gasteiger partial charge on any atom is 0.328 e. The number of esters is 1. The molecule has 1 aromatic carbocycles. The van der Waals surface area contributed by atoms with Gasteiger partial charge in [0.15, 0.2) is 5.78 Å². The van der Waals surface area contributed by atoms with Gasteiger partial charge in [0, 0.05) is 31.1 Å². The van der Waals surface area contributed by atoms with Crippen LogP contribution in [0, 0.1) is 0 Å². The molecule has 6 heteroatoms. The van der Waals surface area contributed by atoms with Gasteiger partial charge in [-0.05, 0) is 57.7 Å². The number of carbonyl (C=O) groups excluding carboxylic acids is 2. The van der Waals surface area contributed by atoms with Crippen LogP contribution in [0.4, 0.5) is 5.69 Å². The zero-order chi connectivity index (χ0) is 20.5. The predicted octanol–water partition coefficient (Wildman–Crippen LogP) is 3.91. The van der Waals surface area contributed by atoms with Crippen molar-refractivity contribution in [2.45, 2.75) is 59.1 Å². The highest BCUT2D eigenvalue weighted by Crippen LogP contribution is 2.31. The third-order valence-corrected chi connectivity index (χ3v) is 4.79. The Labute approximate surface area is 166 Å². The lowest BCUT2D eigenvalue weighted by Gasteiger charge is -2.20. The zero-order valence-corrected chi connectivity index (χ0v) is 17.2. The van der Waals surface area contributed by atoms with E-state index in [-0.39, 0.29) is 18.3 Å². The summed E-state index contributed by atoms with van der Waals surface area (Å²) in [5, 5.41) is 5.29. The number of hydrogen-bond donors (Lipinski definition) is 0. The number of carbonyl (C=O) groups is 2. The molecule has 150 valence electrons. The molecule has 1 saturated heterocycles.